The van der Waals surface area contributed by atoms with Crippen LogP contribution in [0.3, 0.4) is 0 Å². The lowest BCUT2D eigenvalue weighted by Crippen LogP contribution is -2.27. The van der Waals surface area contributed by atoms with E-state index >= 15 is 0 Å². The lowest BCUT2D eigenvalue weighted by Gasteiger charge is -2.20. The van der Waals surface area contributed by atoms with Crippen molar-refractivity contribution in [1.82, 2.24) is 19.5 Å². The van der Waals surface area contributed by atoms with Crippen LogP contribution in [-0.4, -0.2) is 59.4 Å². The maximum absolute atomic E-state index is 12.6. The van der Waals surface area contributed by atoms with Crippen LogP contribution >= 0.6 is 15.6 Å². The molecule has 2 aromatic heterocycles. The molecule has 0 spiro atoms. The van der Waals surface area contributed by atoms with E-state index in [-0.39, 0.29) is 35.8 Å². The number of unbranched alkanes of at least 4 members (excludes halogenated alkanes) is 11. The van der Waals surface area contributed by atoms with Crippen LogP contribution in [0.15, 0.2) is 12.2 Å². The molecule has 0 fully saturated rings. The summed E-state index contributed by atoms with van der Waals surface area (Å²) in [5.41, 5.74) is 5.39. The number of nitrogen functional groups attached to an aromatic ring is 1. The first-order valence-corrected chi connectivity index (χ1v) is 18.7. The molecule has 0 bridgehead atoms. The maximum Gasteiger partial charge on any atom is 0.391 e. The minimum Gasteiger partial charge on any atom is -0.588 e. The SMILES string of the molecule is CCCCCCCCC=CCCCCCCCC(=O)OC(C)c1nc2c(N)nc([P+](=O)[O-])nc2n1CC(CO)OCP(=O)(O)O. The molecule has 14 nitrogen and oxygen atoms in total. The Bertz CT molecular complexity index is 1280. The van der Waals surface area contributed by atoms with Gasteiger partial charge in [0.25, 0.3) is 0 Å². The molecule has 45 heavy (non-hydrogen) atoms. The Morgan fingerprint density at radius 3 is 2.20 bits per heavy atom. The van der Waals surface area contributed by atoms with Crippen LogP contribution in [0.1, 0.15) is 116 Å². The monoisotopic (exact) mass is 673 g/mol. The highest BCUT2D eigenvalue weighted by Crippen LogP contribution is 2.35. The number of nitrogens with two attached hydrogens (primary N) is 1. The smallest absolute Gasteiger partial charge is 0.391 e. The Hall–Kier alpha value is -2.31. The summed E-state index contributed by atoms with van der Waals surface area (Å²) in [5, 5.41) is 9.77. The molecule has 2 aromatic rings. The zero-order valence-corrected chi connectivity index (χ0v) is 28.2. The quantitative estimate of drug-likeness (QED) is 0.0529. The predicted octanol–water partition coefficient (Wildman–Crippen LogP) is 4.29. The summed E-state index contributed by atoms with van der Waals surface area (Å²) in [6, 6.07) is 0. The van der Waals surface area contributed by atoms with Crippen molar-refractivity contribution in [2.24, 2.45) is 0 Å². The first kappa shape index (κ1) is 38.9. The number of nitrogens with zero attached hydrogens (tertiary/aromatic N) is 4. The van der Waals surface area contributed by atoms with E-state index in [4.69, 9.17) is 25.0 Å². The Labute approximate surface area is 265 Å². The van der Waals surface area contributed by atoms with E-state index in [0.717, 1.165) is 38.5 Å². The van der Waals surface area contributed by atoms with Gasteiger partial charge >= 0.3 is 27.2 Å². The van der Waals surface area contributed by atoms with Gasteiger partial charge in [0.2, 0.25) is 0 Å². The molecule has 254 valence electrons. The number of fused-ring (bicyclic) bond motifs is 1. The second kappa shape index (κ2) is 20.7. The lowest BCUT2D eigenvalue weighted by molar-refractivity contribution is -0.161. The minimum absolute atomic E-state index is 0.0231. The van der Waals surface area contributed by atoms with Gasteiger partial charge in [0.05, 0.1) is 19.3 Å². The third-order valence-corrected chi connectivity index (χ3v) is 8.20. The lowest BCUT2D eigenvalue weighted by atomic mass is 10.1. The highest BCUT2D eigenvalue weighted by atomic mass is 31.2. The highest BCUT2D eigenvalue weighted by Gasteiger charge is 2.28. The van der Waals surface area contributed by atoms with E-state index in [9.17, 15) is 23.9 Å². The molecule has 0 radical (unpaired) electrons. The maximum atomic E-state index is 12.6. The van der Waals surface area contributed by atoms with Crippen LogP contribution in [0.5, 0.6) is 0 Å². The van der Waals surface area contributed by atoms with Gasteiger partial charge in [0.15, 0.2) is 28.9 Å². The van der Waals surface area contributed by atoms with E-state index in [1.807, 2.05) is 0 Å². The molecule has 0 aliphatic carbocycles. The van der Waals surface area contributed by atoms with Crippen molar-refractivity contribution in [1.29, 1.82) is 0 Å². The van der Waals surface area contributed by atoms with Gasteiger partial charge < -0.3 is 39.6 Å². The molecule has 16 heteroatoms. The molecule has 0 aliphatic heterocycles. The average molecular weight is 674 g/mol. The van der Waals surface area contributed by atoms with E-state index in [2.05, 4.69) is 34.0 Å². The number of carbonyl (C=O) groups excluding carboxylic acids is 1. The zero-order valence-electron chi connectivity index (χ0n) is 26.4. The minimum atomic E-state index is -4.54. The van der Waals surface area contributed by atoms with Gasteiger partial charge in [-0.25, -0.2) is 4.98 Å². The predicted molar refractivity (Wildman–Crippen MR) is 170 cm³/mol. The van der Waals surface area contributed by atoms with Crippen molar-refractivity contribution in [3.8, 4) is 0 Å². The van der Waals surface area contributed by atoms with Crippen LogP contribution in [0.25, 0.3) is 11.2 Å². The van der Waals surface area contributed by atoms with E-state index in [0.29, 0.717) is 6.42 Å². The van der Waals surface area contributed by atoms with Gasteiger partial charge in [-0.15, -0.1) is 0 Å². The summed E-state index contributed by atoms with van der Waals surface area (Å²) in [6.07, 6.45) is 16.6. The number of esters is 1. The normalized spacial score (nSPS) is 13.9. The number of hydrogen-bond acceptors (Lipinski definition) is 11. The molecule has 3 atom stereocenters. The summed E-state index contributed by atoms with van der Waals surface area (Å²) in [7, 11) is -7.74. The Morgan fingerprint density at radius 1 is 1.02 bits per heavy atom. The van der Waals surface area contributed by atoms with Gasteiger partial charge in [0.1, 0.15) is 6.35 Å². The number of allylic oxidation sites excluding steroid dienone is 2. The average Bonchev–Trinajstić information content (AvgIpc) is 3.35. The van der Waals surface area contributed by atoms with Crippen molar-refractivity contribution in [2.75, 3.05) is 18.7 Å². The molecular weight excluding hydrogens is 624 g/mol. The second-order valence-electron chi connectivity index (χ2n) is 11.2. The molecule has 5 N–H and O–H groups in total. The van der Waals surface area contributed by atoms with Crippen molar-refractivity contribution in [2.45, 2.75) is 122 Å². The molecule has 3 unspecified atom stereocenters. The standard InChI is InChI=1S/C29H49N5O9P2/c1-3-4-5-6-7-8-9-10-11-12-13-14-15-16-17-18-24(36)43-22(2)27-31-25-26(30)32-29(44(37)38)33-28(25)34(27)19-23(20-35)42-21-45(39,40)41/h10-11,22-23,35H,3-9,12-21H2,1-2H3,(H2,30,32,33)(H2,39,40,41). The Balaban J connectivity index is 1.89. The number of carbonyl (C=O) groups is 1. The molecule has 0 aromatic carbocycles. The fraction of sp³-hybridized carbons (Fsp3) is 0.724. The molecule has 0 saturated carbocycles. The highest BCUT2D eigenvalue weighted by molar-refractivity contribution is 7.51. The second-order valence-corrected chi connectivity index (χ2v) is 13.7. The largest absolute Gasteiger partial charge is 0.588 e. The van der Waals surface area contributed by atoms with Gasteiger partial charge in [-0.2, -0.15) is 9.97 Å². The van der Waals surface area contributed by atoms with E-state index < -0.39 is 52.3 Å². The molecule has 0 saturated heterocycles. The molecule has 0 aliphatic rings. The number of hydrogen-bond donors (Lipinski definition) is 4. The summed E-state index contributed by atoms with van der Waals surface area (Å²) < 4.78 is 35.0. The number of rotatable bonds is 24. The topological polar surface area (TPSA) is 223 Å². The number of aliphatic hydroxyl groups is 1. The number of aromatic nitrogens is 4. The van der Waals surface area contributed by atoms with E-state index in [1.165, 1.54) is 43.1 Å². The number of anilines is 1. The van der Waals surface area contributed by atoms with Gasteiger partial charge in [0, 0.05) is 6.42 Å². The Kier molecular flexibility index (Phi) is 17.9. The van der Waals surface area contributed by atoms with Crippen LogP contribution in [-0.2, 0) is 29.9 Å². The number of imidazole rings is 1. The fourth-order valence-electron chi connectivity index (χ4n) is 4.82. The first-order valence-electron chi connectivity index (χ1n) is 15.8. The summed E-state index contributed by atoms with van der Waals surface area (Å²) in [4.78, 5) is 54.7. The first-order chi connectivity index (χ1) is 21.5. The summed E-state index contributed by atoms with van der Waals surface area (Å²) >= 11 is 0. The third kappa shape index (κ3) is 14.8. The van der Waals surface area contributed by atoms with Crippen LogP contribution < -0.4 is 16.2 Å². The van der Waals surface area contributed by atoms with Gasteiger partial charge in [-0.05, 0) is 39.0 Å². The van der Waals surface area contributed by atoms with E-state index in [1.54, 1.807) is 6.92 Å². The van der Waals surface area contributed by atoms with Gasteiger partial charge in [-0.3, -0.25) is 9.36 Å². The Morgan fingerprint density at radius 2 is 1.62 bits per heavy atom. The zero-order chi connectivity index (χ0) is 33.2. The molecule has 2 rings (SSSR count). The summed E-state index contributed by atoms with van der Waals surface area (Å²) in [6.45, 7) is 2.92. The van der Waals surface area contributed by atoms with Crippen molar-refractivity contribution in [3.05, 3.63) is 18.0 Å². The fourth-order valence-corrected chi connectivity index (χ4v) is 5.59. The molecule has 0 amide bonds. The third-order valence-electron chi connectivity index (χ3n) is 7.19. The van der Waals surface area contributed by atoms with Crippen LogP contribution in [0, 0.1) is 0 Å². The van der Waals surface area contributed by atoms with Crippen molar-refractivity contribution in [3.63, 3.8) is 0 Å². The number of aliphatic hydroxyl groups excluding tert-OH is 1. The molecular formula is C29H49N5O9P2. The van der Waals surface area contributed by atoms with Gasteiger partial charge in [-0.1, -0.05) is 75.0 Å². The van der Waals surface area contributed by atoms with Crippen LogP contribution in [0.2, 0.25) is 0 Å². The summed E-state index contributed by atoms with van der Waals surface area (Å²) in [5.74, 6) is -0.546. The van der Waals surface area contributed by atoms with Crippen molar-refractivity contribution >= 4 is 44.1 Å². The molecule has 2 heterocycles. The van der Waals surface area contributed by atoms with Crippen molar-refractivity contribution < 1.29 is 43.2 Å². The number of ether oxygens (including phenoxy) is 2. The van der Waals surface area contributed by atoms with Crippen LogP contribution in [0.4, 0.5) is 5.82 Å².